The molecule has 0 aliphatic carbocycles. The van der Waals surface area contributed by atoms with E-state index in [2.05, 4.69) is 11.9 Å². The molecule has 1 fully saturated rings. The molecule has 0 aromatic carbocycles. The summed E-state index contributed by atoms with van der Waals surface area (Å²) >= 11 is 0. The molecule has 114 valence electrons. The first-order valence-electron chi connectivity index (χ1n) is 6.65. The van der Waals surface area contributed by atoms with Gasteiger partial charge in [-0.15, -0.1) is 0 Å². The predicted molar refractivity (Wildman–Crippen MR) is 75.6 cm³/mol. The number of ether oxygens (including phenoxy) is 1. The number of aliphatic carboxylic acids is 1. The molecule has 0 aromatic heterocycles. The molecule has 2 N–H and O–H groups in total. The third-order valence-corrected chi connectivity index (χ3v) is 2.99. The van der Waals surface area contributed by atoms with E-state index in [4.69, 9.17) is 4.74 Å². The number of rotatable bonds is 4. The van der Waals surface area contributed by atoms with Gasteiger partial charge in [-0.2, -0.15) is 0 Å². The number of carboxylic acid groups (broad SMARTS) is 1. The number of hydrogen-bond donors (Lipinski definition) is 2. The molecule has 0 bridgehead atoms. The van der Waals surface area contributed by atoms with E-state index >= 15 is 0 Å². The maximum Gasteiger partial charge on any atom is 0.408 e. The van der Waals surface area contributed by atoms with Crippen LogP contribution >= 0.6 is 0 Å². The SMILES string of the molecule is C=C(C)CN1CCC(NC(=O)OC(C)(C)C)(C(=O)O)C1. The summed E-state index contributed by atoms with van der Waals surface area (Å²) in [5, 5.41) is 12.0. The molecule has 0 saturated carbocycles. The molecule has 0 spiro atoms. The van der Waals surface area contributed by atoms with Gasteiger partial charge in [-0.05, 0) is 34.1 Å². The summed E-state index contributed by atoms with van der Waals surface area (Å²) in [5.74, 6) is -1.03. The maximum atomic E-state index is 11.8. The van der Waals surface area contributed by atoms with E-state index in [1.807, 2.05) is 11.8 Å². The second kappa shape index (κ2) is 5.83. The fraction of sp³-hybridized carbons (Fsp3) is 0.714. The minimum absolute atomic E-state index is 0.258. The van der Waals surface area contributed by atoms with Gasteiger partial charge in [0.2, 0.25) is 0 Å². The van der Waals surface area contributed by atoms with E-state index in [9.17, 15) is 14.7 Å². The lowest BCUT2D eigenvalue weighted by molar-refractivity contribution is -0.144. The van der Waals surface area contributed by atoms with Crippen LogP contribution < -0.4 is 5.32 Å². The molecule has 1 atom stereocenters. The van der Waals surface area contributed by atoms with E-state index in [1.54, 1.807) is 20.8 Å². The van der Waals surface area contributed by atoms with E-state index in [-0.39, 0.29) is 6.54 Å². The molecule has 1 aliphatic rings. The van der Waals surface area contributed by atoms with E-state index < -0.39 is 23.2 Å². The second-order valence-electron chi connectivity index (χ2n) is 6.43. The van der Waals surface area contributed by atoms with Gasteiger partial charge in [0.05, 0.1) is 0 Å². The predicted octanol–water partition coefficient (Wildman–Crippen LogP) is 1.62. The molecular formula is C14H24N2O4. The van der Waals surface area contributed by atoms with Crippen LogP contribution in [0.2, 0.25) is 0 Å². The standard InChI is InChI=1S/C14H24N2O4/c1-10(2)8-16-7-6-14(9-16,11(17)18)15-12(19)20-13(3,4)5/h1,6-9H2,2-5H3,(H,15,19)(H,17,18). The Hall–Kier alpha value is -1.56. The molecule has 1 aliphatic heterocycles. The second-order valence-corrected chi connectivity index (χ2v) is 6.43. The normalized spacial score (nSPS) is 23.4. The van der Waals surface area contributed by atoms with Crippen molar-refractivity contribution in [3.63, 3.8) is 0 Å². The van der Waals surface area contributed by atoms with Crippen molar-refractivity contribution in [3.8, 4) is 0 Å². The summed E-state index contributed by atoms with van der Waals surface area (Å²) in [5.41, 5.74) is -0.971. The number of likely N-dealkylation sites (tertiary alicyclic amines) is 1. The van der Waals surface area contributed by atoms with Crippen LogP contribution in [0.1, 0.15) is 34.1 Å². The molecule has 1 saturated heterocycles. The highest BCUT2D eigenvalue weighted by Gasteiger charge is 2.46. The summed E-state index contributed by atoms with van der Waals surface area (Å²) in [6.45, 7) is 12.4. The van der Waals surface area contributed by atoms with E-state index in [0.717, 1.165) is 5.57 Å². The van der Waals surface area contributed by atoms with Crippen LogP contribution in [-0.2, 0) is 9.53 Å². The third-order valence-electron chi connectivity index (χ3n) is 2.99. The highest BCUT2D eigenvalue weighted by atomic mass is 16.6. The Morgan fingerprint density at radius 1 is 1.45 bits per heavy atom. The van der Waals surface area contributed by atoms with Gasteiger partial charge in [0, 0.05) is 19.6 Å². The Labute approximate surface area is 119 Å². The van der Waals surface area contributed by atoms with Crippen molar-refractivity contribution in [1.29, 1.82) is 0 Å². The Kier molecular flexibility index (Phi) is 4.81. The van der Waals surface area contributed by atoms with Crippen molar-refractivity contribution in [2.75, 3.05) is 19.6 Å². The highest BCUT2D eigenvalue weighted by Crippen LogP contribution is 2.23. The number of carbonyl (C=O) groups excluding carboxylic acids is 1. The minimum atomic E-state index is -1.28. The van der Waals surface area contributed by atoms with Crippen LogP contribution in [0, 0.1) is 0 Å². The van der Waals surface area contributed by atoms with Crippen molar-refractivity contribution in [2.45, 2.75) is 45.3 Å². The van der Waals surface area contributed by atoms with Gasteiger partial charge in [0.25, 0.3) is 0 Å². The number of hydrogen-bond acceptors (Lipinski definition) is 4. The Morgan fingerprint density at radius 2 is 2.05 bits per heavy atom. The minimum Gasteiger partial charge on any atom is -0.479 e. The van der Waals surface area contributed by atoms with E-state index in [0.29, 0.717) is 19.5 Å². The van der Waals surface area contributed by atoms with Crippen molar-refractivity contribution >= 4 is 12.1 Å². The first-order chi connectivity index (χ1) is 9.04. The molecule has 6 nitrogen and oxygen atoms in total. The Morgan fingerprint density at radius 3 is 2.50 bits per heavy atom. The molecule has 1 amide bonds. The smallest absolute Gasteiger partial charge is 0.408 e. The third kappa shape index (κ3) is 4.52. The lowest BCUT2D eigenvalue weighted by atomic mass is 9.99. The first kappa shape index (κ1) is 16.5. The van der Waals surface area contributed by atoms with Crippen molar-refractivity contribution in [1.82, 2.24) is 10.2 Å². The van der Waals surface area contributed by atoms with Gasteiger partial charge in [-0.3, -0.25) is 4.90 Å². The lowest BCUT2D eigenvalue weighted by Gasteiger charge is -2.28. The molecular weight excluding hydrogens is 260 g/mol. The van der Waals surface area contributed by atoms with Crippen LogP contribution in [0.4, 0.5) is 4.79 Å². The van der Waals surface area contributed by atoms with Crippen molar-refractivity contribution in [3.05, 3.63) is 12.2 Å². The number of nitrogens with one attached hydrogen (secondary N) is 1. The topological polar surface area (TPSA) is 78.9 Å². The number of carboxylic acids is 1. The molecule has 0 radical (unpaired) electrons. The van der Waals surface area contributed by atoms with Crippen LogP contribution in [0.25, 0.3) is 0 Å². The van der Waals surface area contributed by atoms with Crippen LogP contribution in [0.3, 0.4) is 0 Å². The maximum absolute atomic E-state index is 11.8. The average molecular weight is 284 g/mol. The Bertz CT molecular complexity index is 414. The van der Waals surface area contributed by atoms with Gasteiger partial charge in [0.15, 0.2) is 5.54 Å². The fourth-order valence-electron chi connectivity index (χ4n) is 2.23. The average Bonchev–Trinajstić information content (AvgIpc) is 2.58. The molecule has 1 rings (SSSR count). The highest BCUT2D eigenvalue weighted by molar-refractivity contribution is 5.85. The van der Waals surface area contributed by atoms with Gasteiger partial charge in [-0.1, -0.05) is 12.2 Å². The zero-order valence-electron chi connectivity index (χ0n) is 12.7. The molecule has 1 unspecified atom stereocenters. The number of nitrogens with zero attached hydrogens (tertiary/aromatic N) is 1. The number of amides is 1. The van der Waals surface area contributed by atoms with Crippen LogP contribution in [-0.4, -0.2) is 52.8 Å². The number of carbonyl (C=O) groups is 2. The zero-order chi connectivity index (χ0) is 15.6. The quantitative estimate of drug-likeness (QED) is 0.767. The van der Waals surface area contributed by atoms with Gasteiger partial charge in [-0.25, -0.2) is 9.59 Å². The number of alkyl carbamates (subject to hydrolysis) is 1. The lowest BCUT2D eigenvalue weighted by Crippen LogP contribution is -2.57. The summed E-state index contributed by atoms with van der Waals surface area (Å²) < 4.78 is 5.14. The molecule has 1 heterocycles. The fourth-order valence-corrected chi connectivity index (χ4v) is 2.23. The summed E-state index contributed by atoms with van der Waals surface area (Å²) in [6, 6.07) is 0. The Balaban J connectivity index is 2.73. The van der Waals surface area contributed by atoms with Gasteiger partial charge in [0.1, 0.15) is 5.60 Å². The summed E-state index contributed by atoms with van der Waals surface area (Å²) in [4.78, 5) is 25.3. The largest absolute Gasteiger partial charge is 0.479 e. The van der Waals surface area contributed by atoms with Crippen molar-refractivity contribution < 1.29 is 19.4 Å². The first-order valence-corrected chi connectivity index (χ1v) is 6.65. The summed E-state index contributed by atoms with van der Waals surface area (Å²) in [7, 11) is 0. The van der Waals surface area contributed by atoms with E-state index in [1.165, 1.54) is 0 Å². The van der Waals surface area contributed by atoms with Crippen LogP contribution in [0.15, 0.2) is 12.2 Å². The molecule has 0 aromatic rings. The molecule has 6 heteroatoms. The van der Waals surface area contributed by atoms with Gasteiger partial charge < -0.3 is 15.2 Å². The zero-order valence-corrected chi connectivity index (χ0v) is 12.7. The monoisotopic (exact) mass is 284 g/mol. The van der Waals surface area contributed by atoms with Crippen molar-refractivity contribution in [2.24, 2.45) is 0 Å². The van der Waals surface area contributed by atoms with Gasteiger partial charge >= 0.3 is 12.1 Å². The molecule has 20 heavy (non-hydrogen) atoms. The summed E-state index contributed by atoms with van der Waals surface area (Å²) in [6.07, 6.45) is -0.341. The van der Waals surface area contributed by atoms with Crippen LogP contribution in [0.5, 0.6) is 0 Å².